The Hall–Kier alpha value is -2.21. The highest BCUT2D eigenvalue weighted by Gasteiger charge is 2.44. The van der Waals surface area contributed by atoms with Crippen LogP contribution >= 0.6 is 0 Å². The van der Waals surface area contributed by atoms with E-state index in [1.807, 2.05) is 0 Å². The lowest BCUT2D eigenvalue weighted by molar-refractivity contribution is -0.140. The number of amides is 2. The van der Waals surface area contributed by atoms with Gasteiger partial charge >= 0.3 is 0 Å². The fraction of sp³-hybridized carbons (Fsp3) is 0.583. The molecule has 0 atom stereocenters. The number of benzene rings is 1. The van der Waals surface area contributed by atoms with Crippen LogP contribution in [0, 0.1) is 5.82 Å². The van der Waals surface area contributed by atoms with Crippen LogP contribution in [0.25, 0.3) is 5.57 Å². The minimum Gasteiger partial charge on any atom is -0.364 e. The number of piperazine rings is 1. The third kappa shape index (κ3) is 4.15. The van der Waals surface area contributed by atoms with Crippen LogP contribution in [0.1, 0.15) is 57.4 Å². The molecule has 1 aromatic rings. The van der Waals surface area contributed by atoms with Crippen molar-refractivity contribution in [2.24, 2.45) is 0 Å². The number of carbonyl (C=O) groups excluding carboxylic acids is 2. The molecule has 2 amide bonds. The molecule has 0 aromatic heterocycles. The van der Waals surface area contributed by atoms with Gasteiger partial charge in [-0.05, 0) is 37.1 Å². The summed E-state index contributed by atoms with van der Waals surface area (Å²) in [5, 5.41) is 0. The van der Waals surface area contributed by atoms with Crippen LogP contribution in [0.15, 0.2) is 30.0 Å². The van der Waals surface area contributed by atoms with E-state index < -0.39 is 0 Å². The number of likely N-dealkylation sites (N-methyl/N-ethyl adjacent to an activating group) is 1. The van der Waals surface area contributed by atoms with E-state index in [1.165, 1.54) is 23.5 Å². The molecule has 5 nitrogen and oxygen atoms in total. The summed E-state index contributed by atoms with van der Waals surface area (Å²) in [6.07, 6.45) is 7.43. The first-order chi connectivity index (χ1) is 14.6. The van der Waals surface area contributed by atoms with Gasteiger partial charge in [-0.25, -0.2) is 4.39 Å². The van der Waals surface area contributed by atoms with Crippen LogP contribution in [0.2, 0.25) is 0 Å². The predicted octanol–water partition coefficient (Wildman–Crippen LogP) is 3.66. The molecular formula is C24H32FN3O2. The number of nitrogens with zero attached hydrogens (tertiary/aromatic N) is 3. The maximum atomic E-state index is 13.6. The van der Waals surface area contributed by atoms with Gasteiger partial charge in [0.1, 0.15) is 11.5 Å². The molecule has 2 fully saturated rings. The average molecular weight is 414 g/mol. The van der Waals surface area contributed by atoms with Gasteiger partial charge in [-0.3, -0.25) is 14.5 Å². The van der Waals surface area contributed by atoms with Crippen LogP contribution in [0.5, 0.6) is 0 Å². The Balaban J connectivity index is 1.68. The van der Waals surface area contributed by atoms with Crippen molar-refractivity contribution in [2.75, 3.05) is 32.7 Å². The van der Waals surface area contributed by atoms with E-state index in [0.717, 1.165) is 71.2 Å². The van der Waals surface area contributed by atoms with Gasteiger partial charge < -0.3 is 9.80 Å². The monoisotopic (exact) mass is 413 g/mol. The van der Waals surface area contributed by atoms with Crippen LogP contribution < -0.4 is 0 Å². The molecule has 3 aliphatic rings. The first-order valence-corrected chi connectivity index (χ1v) is 11.5. The van der Waals surface area contributed by atoms with Crippen LogP contribution in [-0.2, 0) is 9.59 Å². The molecule has 1 aromatic carbocycles. The molecule has 6 heteroatoms. The van der Waals surface area contributed by atoms with Gasteiger partial charge in [0.2, 0.25) is 0 Å². The molecule has 0 bridgehead atoms. The average Bonchev–Trinajstić information content (AvgIpc) is 2.99. The number of hydrogen-bond donors (Lipinski definition) is 0. The Morgan fingerprint density at radius 3 is 2.07 bits per heavy atom. The molecule has 162 valence electrons. The highest BCUT2D eigenvalue weighted by atomic mass is 19.1. The molecule has 1 aliphatic carbocycles. The minimum absolute atomic E-state index is 0.0322. The summed E-state index contributed by atoms with van der Waals surface area (Å²) >= 11 is 0. The van der Waals surface area contributed by atoms with E-state index in [1.54, 1.807) is 12.1 Å². The van der Waals surface area contributed by atoms with Crippen molar-refractivity contribution < 1.29 is 14.0 Å². The summed E-state index contributed by atoms with van der Waals surface area (Å²) in [6.45, 7) is 6.33. The zero-order chi connectivity index (χ0) is 21.1. The SMILES string of the molecule is CCN1CCN(C2=C(c3ccc(F)cc3)C(=O)N(C3CCCCCCC3)C2=O)CC1. The fourth-order valence-electron chi connectivity index (χ4n) is 5.02. The van der Waals surface area contributed by atoms with Crippen molar-refractivity contribution in [1.29, 1.82) is 0 Å². The Kier molecular flexibility index (Phi) is 6.52. The van der Waals surface area contributed by atoms with Gasteiger partial charge in [0, 0.05) is 32.2 Å². The standard InChI is InChI=1S/C24H32FN3O2/c1-2-26-14-16-27(17-15-26)22-21(18-10-12-19(25)13-11-18)23(29)28(24(22)30)20-8-6-4-3-5-7-9-20/h10-13,20H,2-9,14-17H2,1H3. The zero-order valence-corrected chi connectivity index (χ0v) is 17.9. The quantitative estimate of drug-likeness (QED) is 0.707. The van der Waals surface area contributed by atoms with Gasteiger partial charge in [0.05, 0.1) is 5.57 Å². The van der Waals surface area contributed by atoms with Gasteiger partial charge in [-0.1, -0.05) is 51.2 Å². The molecule has 0 spiro atoms. The smallest absolute Gasteiger partial charge is 0.278 e. The molecule has 1 saturated carbocycles. The van der Waals surface area contributed by atoms with E-state index in [2.05, 4.69) is 16.7 Å². The second kappa shape index (κ2) is 9.29. The van der Waals surface area contributed by atoms with Crippen molar-refractivity contribution >= 4 is 17.4 Å². The second-order valence-electron chi connectivity index (χ2n) is 8.63. The predicted molar refractivity (Wildman–Crippen MR) is 115 cm³/mol. The van der Waals surface area contributed by atoms with E-state index in [-0.39, 0.29) is 23.7 Å². The first kappa shape index (κ1) is 21.0. The van der Waals surface area contributed by atoms with E-state index in [9.17, 15) is 14.0 Å². The summed E-state index contributed by atoms with van der Waals surface area (Å²) in [6, 6.07) is 5.95. The number of hydrogen-bond acceptors (Lipinski definition) is 4. The molecule has 4 rings (SSSR count). The Labute approximate surface area is 178 Å². The summed E-state index contributed by atoms with van der Waals surface area (Å²) in [5.41, 5.74) is 1.60. The van der Waals surface area contributed by atoms with Crippen molar-refractivity contribution in [3.8, 4) is 0 Å². The van der Waals surface area contributed by atoms with Crippen molar-refractivity contribution in [1.82, 2.24) is 14.7 Å². The molecule has 0 radical (unpaired) electrons. The lowest BCUT2D eigenvalue weighted by Gasteiger charge is -2.36. The summed E-state index contributed by atoms with van der Waals surface area (Å²) in [4.78, 5) is 33.2. The van der Waals surface area contributed by atoms with Crippen molar-refractivity contribution in [2.45, 2.75) is 57.9 Å². The highest BCUT2D eigenvalue weighted by molar-refractivity contribution is 6.35. The maximum absolute atomic E-state index is 13.6. The number of imide groups is 1. The molecule has 1 saturated heterocycles. The molecule has 2 heterocycles. The lowest BCUT2D eigenvalue weighted by Crippen LogP contribution is -2.48. The minimum atomic E-state index is -0.342. The Bertz CT molecular complexity index is 804. The van der Waals surface area contributed by atoms with Crippen molar-refractivity contribution in [3.63, 3.8) is 0 Å². The normalized spacial score (nSPS) is 22.6. The third-order valence-corrected chi connectivity index (χ3v) is 6.80. The summed E-state index contributed by atoms with van der Waals surface area (Å²) < 4.78 is 13.5. The number of carbonyl (C=O) groups is 2. The largest absolute Gasteiger partial charge is 0.364 e. The topological polar surface area (TPSA) is 43.9 Å². The molecule has 2 aliphatic heterocycles. The third-order valence-electron chi connectivity index (χ3n) is 6.80. The Morgan fingerprint density at radius 2 is 1.47 bits per heavy atom. The van der Waals surface area contributed by atoms with Crippen LogP contribution in [0.4, 0.5) is 4.39 Å². The summed E-state index contributed by atoms with van der Waals surface area (Å²) in [5.74, 6) is -0.703. The first-order valence-electron chi connectivity index (χ1n) is 11.5. The van der Waals surface area contributed by atoms with Gasteiger partial charge in [-0.2, -0.15) is 0 Å². The highest BCUT2D eigenvalue weighted by Crippen LogP contribution is 2.36. The zero-order valence-electron chi connectivity index (χ0n) is 17.9. The van der Waals surface area contributed by atoms with Crippen molar-refractivity contribution in [3.05, 3.63) is 41.3 Å². The molecule has 30 heavy (non-hydrogen) atoms. The van der Waals surface area contributed by atoms with Gasteiger partial charge in [0.15, 0.2) is 0 Å². The molecule has 0 N–H and O–H groups in total. The van der Waals surface area contributed by atoms with Gasteiger partial charge in [-0.15, -0.1) is 0 Å². The van der Waals surface area contributed by atoms with Crippen LogP contribution in [0.3, 0.4) is 0 Å². The van der Waals surface area contributed by atoms with E-state index >= 15 is 0 Å². The molecular weight excluding hydrogens is 381 g/mol. The number of halogens is 1. The fourth-order valence-corrected chi connectivity index (χ4v) is 5.02. The maximum Gasteiger partial charge on any atom is 0.278 e. The van der Waals surface area contributed by atoms with E-state index in [4.69, 9.17) is 0 Å². The Morgan fingerprint density at radius 1 is 0.867 bits per heavy atom. The van der Waals surface area contributed by atoms with Gasteiger partial charge in [0.25, 0.3) is 11.8 Å². The van der Waals surface area contributed by atoms with Crippen LogP contribution in [-0.4, -0.2) is 65.3 Å². The molecule has 0 unspecified atom stereocenters. The van der Waals surface area contributed by atoms with E-state index in [0.29, 0.717) is 16.8 Å². The number of rotatable bonds is 4. The summed E-state index contributed by atoms with van der Waals surface area (Å²) in [7, 11) is 0. The second-order valence-corrected chi connectivity index (χ2v) is 8.63. The lowest BCUT2D eigenvalue weighted by atomic mass is 9.95.